The number of carbonyl (C=O) groups is 2. The van der Waals surface area contributed by atoms with Crippen molar-refractivity contribution in [3.05, 3.63) is 84.2 Å². The molecule has 1 N–H and O–H groups in total. The van der Waals surface area contributed by atoms with E-state index in [1.165, 1.54) is 11.8 Å². The third kappa shape index (κ3) is 4.63. The van der Waals surface area contributed by atoms with Crippen LogP contribution in [0.1, 0.15) is 15.9 Å². The van der Waals surface area contributed by atoms with Gasteiger partial charge in [0.25, 0.3) is 5.91 Å². The Hall–Kier alpha value is -3.98. The Morgan fingerprint density at radius 3 is 2.70 bits per heavy atom. The molecular formula is C24H19N5O3S. The summed E-state index contributed by atoms with van der Waals surface area (Å²) < 4.78 is 7.37. The fourth-order valence-electron chi connectivity index (χ4n) is 3.49. The first-order valence-electron chi connectivity index (χ1n) is 10.3. The molecule has 164 valence electrons. The minimum absolute atomic E-state index is 0.0208. The summed E-state index contributed by atoms with van der Waals surface area (Å²) in [6.45, 7) is 0.553. The summed E-state index contributed by atoms with van der Waals surface area (Å²) in [7, 11) is 0. The number of Topliss-reactive ketones (excluding diaryl/α,β-unsaturated/α-hetero) is 1. The van der Waals surface area contributed by atoms with Gasteiger partial charge in [0.15, 0.2) is 23.4 Å². The molecule has 2 aromatic carbocycles. The Kier molecular flexibility index (Phi) is 5.86. The summed E-state index contributed by atoms with van der Waals surface area (Å²) in [5, 5.41) is 12.1. The van der Waals surface area contributed by atoms with E-state index in [0.717, 1.165) is 11.1 Å². The molecule has 1 aliphatic heterocycles. The number of nitrogens with one attached hydrogen (secondary N) is 1. The van der Waals surface area contributed by atoms with Crippen molar-refractivity contribution in [3.8, 4) is 17.1 Å². The number of fused-ring (bicyclic) bond motifs is 1. The van der Waals surface area contributed by atoms with Gasteiger partial charge < -0.3 is 10.1 Å². The highest BCUT2D eigenvalue weighted by molar-refractivity contribution is 7.99. The number of pyridine rings is 1. The average molecular weight is 458 g/mol. The zero-order valence-electron chi connectivity index (χ0n) is 17.5. The summed E-state index contributed by atoms with van der Waals surface area (Å²) in [6.07, 6.45) is 3.43. The molecule has 0 unspecified atom stereocenters. The van der Waals surface area contributed by atoms with Gasteiger partial charge in [-0.25, -0.2) is 0 Å². The largest absolute Gasteiger partial charge is 0.482 e. The van der Waals surface area contributed by atoms with Gasteiger partial charge in [-0.05, 0) is 35.9 Å². The predicted molar refractivity (Wildman–Crippen MR) is 124 cm³/mol. The van der Waals surface area contributed by atoms with Crippen LogP contribution >= 0.6 is 11.8 Å². The molecule has 0 bridgehead atoms. The SMILES string of the molecule is O=C1COc2ccc(C(=O)CSc3nnc(-c4ccncc4)n3Cc3ccccc3)cc2N1. The number of amides is 1. The van der Waals surface area contributed by atoms with E-state index < -0.39 is 0 Å². The van der Waals surface area contributed by atoms with Crippen molar-refractivity contribution in [2.45, 2.75) is 11.7 Å². The molecule has 9 heteroatoms. The second-order valence-electron chi connectivity index (χ2n) is 7.37. The molecule has 33 heavy (non-hydrogen) atoms. The van der Waals surface area contributed by atoms with Crippen LogP contribution in [0.3, 0.4) is 0 Å². The molecule has 0 saturated heterocycles. The van der Waals surface area contributed by atoms with Gasteiger partial charge >= 0.3 is 0 Å². The van der Waals surface area contributed by atoms with Crippen molar-refractivity contribution in [1.29, 1.82) is 0 Å². The van der Waals surface area contributed by atoms with Crippen LogP contribution in [-0.2, 0) is 11.3 Å². The lowest BCUT2D eigenvalue weighted by atomic mass is 10.1. The molecule has 0 spiro atoms. The van der Waals surface area contributed by atoms with Crippen LogP contribution in [0, 0.1) is 0 Å². The van der Waals surface area contributed by atoms with Crippen LogP contribution in [0.2, 0.25) is 0 Å². The quantitative estimate of drug-likeness (QED) is 0.334. The van der Waals surface area contributed by atoms with E-state index in [9.17, 15) is 9.59 Å². The average Bonchev–Trinajstić information content (AvgIpc) is 3.25. The van der Waals surface area contributed by atoms with Gasteiger partial charge in [-0.1, -0.05) is 42.1 Å². The van der Waals surface area contributed by atoms with Gasteiger partial charge in [0.05, 0.1) is 18.0 Å². The number of anilines is 1. The fourth-order valence-corrected chi connectivity index (χ4v) is 4.32. The third-order valence-electron chi connectivity index (χ3n) is 5.11. The molecule has 1 amide bonds. The number of hydrogen-bond donors (Lipinski definition) is 1. The summed E-state index contributed by atoms with van der Waals surface area (Å²) in [4.78, 5) is 28.5. The second kappa shape index (κ2) is 9.25. The fraction of sp³-hybridized carbons (Fsp3) is 0.125. The van der Waals surface area contributed by atoms with E-state index in [4.69, 9.17) is 4.74 Å². The number of hydrogen-bond acceptors (Lipinski definition) is 7. The maximum Gasteiger partial charge on any atom is 0.262 e. The molecule has 0 radical (unpaired) electrons. The standard InChI is InChI=1S/C24H19N5O3S/c30-20(18-6-7-21-19(12-18)26-22(31)14-32-21)15-33-24-28-27-23(17-8-10-25-11-9-17)29(24)13-16-4-2-1-3-5-16/h1-12H,13-15H2,(H,26,31). The number of aromatic nitrogens is 4. The number of rotatable bonds is 7. The summed E-state index contributed by atoms with van der Waals surface area (Å²) in [5.41, 5.74) is 3.01. The highest BCUT2D eigenvalue weighted by Gasteiger charge is 2.20. The van der Waals surface area contributed by atoms with Gasteiger partial charge in [0, 0.05) is 23.5 Å². The van der Waals surface area contributed by atoms with Gasteiger partial charge in [-0.3, -0.25) is 19.1 Å². The Morgan fingerprint density at radius 1 is 1.06 bits per heavy atom. The summed E-state index contributed by atoms with van der Waals surface area (Å²) in [5.74, 6) is 1.13. The zero-order chi connectivity index (χ0) is 22.6. The van der Waals surface area contributed by atoms with Crippen LogP contribution in [0.4, 0.5) is 5.69 Å². The van der Waals surface area contributed by atoms with Crippen LogP contribution in [0.5, 0.6) is 5.75 Å². The Bertz CT molecular complexity index is 1310. The van der Waals surface area contributed by atoms with Gasteiger partial charge in [0.1, 0.15) is 5.75 Å². The monoisotopic (exact) mass is 457 g/mol. The lowest BCUT2D eigenvalue weighted by Crippen LogP contribution is -2.25. The number of benzene rings is 2. The molecule has 8 nitrogen and oxygen atoms in total. The highest BCUT2D eigenvalue weighted by atomic mass is 32.2. The van der Waals surface area contributed by atoms with E-state index in [-0.39, 0.29) is 24.1 Å². The summed E-state index contributed by atoms with van der Waals surface area (Å²) in [6, 6.07) is 18.8. The molecule has 4 aromatic rings. The molecular weight excluding hydrogens is 438 g/mol. The zero-order valence-corrected chi connectivity index (χ0v) is 18.3. The minimum Gasteiger partial charge on any atom is -0.482 e. The molecule has 0 atom stereocenters. The topological polar surface area (TPSA) is 99.0 Å². The molecule has 0 fully saturated rings. The maximum absolute atomic E-state index is 12.9. The first-order chi connectivity index (χ1) is 16.2. The lowest BCUT2D eigenvalue weighted by Gasteiger charge is -2.18. The first-order valence-corrected chi connectivity index (χ1v) is 11.3. The van der Waals surface area contributed by atoms with Gasteiger partial charge in [-0.2, -0.15) is 0 Å². The molecule has 5 rings (SSSR count). The van der Waals surface area contributed by atoms with E-state index in [0.29, 0.717) is 34.5 Å². The van der Waals surface area contributed by atoms with E-state index in [2.05, 4.69) is 20.5 Å². The van der Waals surface area contributed by atoms with Crippen molar-refractivity contribution < 1.29 is 14.3 Å². The third-order valence-corrected chi connectivity index (χ3v) is 6.07. The van der Waals surface area contributed by atoms with Crippen LogP contribution in [-0.4, -0.2) is 43.8 Å². The summed E-state index contributed by atoms with van der Waals surface area (Å²) >= 11 is 1.33. The number of thioether (sulfide) groups is 1. The van der Waals surface area contributed by atoms with E-state index in [1.807, 2.05) is 47.0 Å². The van der Waals surface area contributed by atoms with E-state index >= 15 is 0 Å². The Morgan fingerprint density at radius 2 is 1.88 bits per heavy atom. The second-order valence-corrected chi connectivity index (χ2v) is 8.32. The molecule has 0 aliphatic carbocycles. The number of carbonyl (C=O) groups excluding carboxylic acids is 2. The van der Waals surface area contributed by atoms with E-state index in [1.54, 1.807) is 30.6 Å². The van der Waals surface area contributed by atoms with Crippen LogP contribution in [0.15, 0.2) is 78.2 Å². The smallest absolute Gasteiger partial charge is 0.262 e. The molecule has 3 heterocycles. The van der Waals surface area contributed by atoms with Crippen molar-refractivity contribution in [2.75, 3.05) is 17.7 Å². The minimum atomic E-state index is -0.237. The highest BCUT2D eigenvalue weighted by Crippen LogP contribution is 2.30. The van der Waals surface area contributed by atoms with Gasteiger partial charge in [-0.15, -0.1) is 10.2 Å². The van der Waals surface area contributed by atoms with Crippen molar-refractivity contribution in [1.82, 2.24) is 19.7 Å². The molecule has 1 aliphatic rings. The lowest BCUT2D eigenvalue weighted by molar-refractivity contribution is -0.118. The number of nitrogens with zero attached hydrogens (tertiary/aromatic N) is 4. The maximum atomic E-state index is 12.9. The predicted octanol–water partition coefficient (Wildman–Crippen LogP) is 3.69. The molecule has 0 saturated carbocycles. The number of ketones is 1. The van der Waals surface area contributed by atoms with Crippen molar-refractivity contribution in [3.63, 3.8) is 0 Å². The first kappa shape index (κ1) is 20.9. The van der Waals surface area contributed by atoms with Crippen LogP contribution in [0.25, 0.3) is 11.4 Å². The van der Waals surface area contributed by atoms with Crippen molar-refractivity contribution in [2.24, 2.45) is 0 Å². The van der Waals surface area contributed by atoms with Crippen LogP contribution < -0.4 is 10.1 Å². The number of ether oxygens (including phenoxy) is 1. The van der Waals surface area contributed by atoms with Crippen molar-refractivity contribution >= 4 is 29.1 Å². The Balaban J connectivity index is 1.38. The Labute approximate surface area is 194 Å². The van der Waals surface area contributed by atoms with Gasteiger partial charge in [0.2, 0.25) is 0 Å². The normalized spacial score (nSPS) is 12.5. The molecule has 2 aromatic heterocycles.